The normalized spacial score (nSPS) is 11.4. The first-order valence-electron chi connectivity index (χ1n) is 8.95. The van der Waals surface area contributed by atoms with Crippen molar-refractivity contribution in [2.24, 2.45) is 0 Å². The van der Waals surface area contributed by atoms with Crippen LogP contribution in [0.5, 0.6) is 0 Å². The zero-order valence-electron chi connectivity index (χ0n) is 14.7. The number of aryl methyl sites for hydroxylation is 1. The Morgan fingerprint density at radius 3 is 1.54 bits per heavy atom. The van der Waals surface area contributed by atoms with Gasteiger partial charge in [0.25, 0.3) is 0 Å². The summed E-state index contributed by atoms with van der Waals surface area (Å²) < 4.78 is 0. The highest BCUT2D eigenvalue weighted by Gasteiger charge is 2.30. The lowest BCUT2D eigenvalue weighted by Gasteiger charge is -2.32. The van der Waals surface area contributed by atoms with Crippen molar-refractivity contribution < 1.29 is 0 Å². The molecule has 3 rings (SSSR count). The molecule has 0 heteroatoms. The van der Waals surface area contributed by atoms with Crippen molar-refractivity contribution in [2.45, 2.75) is 38.5 Å². The van der Waals surface area contributed by atoms with Crippen LogP contribution in [0.4, 0.5) is 0 Å². The summed E-state index contributed by atoms with van der Waals surface area (Å²) in [5.74, 6) is 0. The average molecular weight is 314 g/mol. The summed E-state index contributed by atoms with van der Waals surface area (Å²) in [6, 6.07) is 30.9. The maximum absolute atomic E-state index is 2.33. The van der Waals surface area contributed by atoms with Crippen molar-refractivity contribution in [2.75, 3.05) is 0 Å². The van der Waals surface area contributed by atoms with Crippen LogP contribution in [-0.4, -0.2) is 0 Å². The van der Waals surface area contributed by atoms with E-state index in [-0.39, 0.29) is 5.41 Å². The fourth-order valence-corrected chi connectivity index (χ4v) is 3.43. The highest BCUT2D eigenvalue weighted by Crippen LogP contribution is 2.38. The van der Waals surface area contributed by atoms with Crippen LogP contribution in [0.15, 0.2) is 84.9 Å². The lowest BCUT2D eigenvalue weighted by atomic mass is 9.71. The molecule has 0 bridgehead atoms. The van der Waals surface area contributed by atoms with E-state index in [9.17, 15) is 0 Å². The summed E-state index contributed by atoms with van der Waals surface area (Å²) in [5, 5.41) is 0. The van der Waals surface area contributed by atoms with Crippen LogP contribution < -0.4 is 0 Å². The molecule has 0 spiro atoms. The van der Waals surface area contributed by atoms with Gasteiger partial charge >= 0.3 is 0 Å². The van der Waals surface area contributed by atoms with Crippen LogP contribution in [0.25, 0.3) is 0 Å². The summed E-state index contributed by atoms with van der Waals surface area (Å²) in [7, 11) is 0. The van der Waals surface area contributed by atoms with Crippen LogP contribution in [0, 0.1) is 0 Å². The van der Waals surface area contributed by atoms with Crippen LogP contribution >= 0.6 is 0 Å². The van der Waals surface area contributed by atoms with E-state index in [1.807, 2.05) is 0 Å². The SMILES string of the molecule is CCCCc1ccc(C(C)(c2ccccc2)c2ccccc2)cc1. The van der Waals surface area contributed by atoms with E-state index >= 15 is 0 Å². The van der Waals surface area contributed by atoms with Crippen molar-refractivity contribution in [3.63, 3.8) is 0 Å². The topological polar surface area (TPSA) is 0 Å². The number of rotatable bonds is 6. The third-order valence-electron chi connectivity index (χ3n) is 5.05. The molecular formula is C24H26. The number of hydrogen-bond donors (Lipinski definition) is 0. The monoisotopic (exact) mass is 314 g/mol. The molecule has 3 aromatic carbocycles. The van der Waals surface area contributed by atoms with Crippen LogP contribution in [0.2, 0.25) is 0 Å². The Bertz CT molecular complexity index is 700. The van der Waals surface area contributed by atoms with Gasteiger partial charge in [0, 0.05) is 5.41 Å². The minimum atomic E-state index is -0.133. The minimum absolute atomic E-state index is 0.133. The van der Waals surface area contributed by atoms with Gasteiger partial charge in [0.05, 0.1) is 0 Å². The molecule has 0 fully saturated rings. The van der Waals surface area contributed by atoms with Gasteiger partial charge in [-0.3, -0.25) is 0 Å². The van der Waals surface area contributed by atoms with Gasteiger partial charge in [-0.25, -0.2) is 0 Å². The van der Waals surface area contributed by atoms with Gasteiger partial charge in [0.1, 0.15) is 0 Å². The Morgan fingerprint density at radius 1 is 0.625 bits per heavy atom. The third-order valence-corrected chi connectivity index (χ3v) is 5.05. The van der Waals surface area contributed by atoms with E-state index < -0.39 is 0 Å². The second-order valence-corrected chi connectivity index (χ2v) is 6.66. The molecule has 0 amide bonds. The van der Waals surface area contributed by atoms with Gasteiger partial charge in [-0.2, -0.15) is 0 Å². The first-order chi connectivity index (χ1) is 11.7. The molecule has 0 saturated heterocycles. The Kier molecular flexibility index (Phi) is 5.15. The molecule has 0 unspecified atom stereocenters. The van der Waals surface area contributed by atoms with Crippen LogP contribution in [0.1, 0.15) is 48.9 Å². The van der Waals surface area contributed by atoms with Crippen LogP contribution in [0.3, 0.4) is 0 Å². The molecule has 0 aliphatic heterocycles. The van der Waals surface area contributed by atoms with Gasteiger partial charge in [-0.1, -0.05) is 98.3 Å². The van der Waals surface area contributed by atoms with Gasteiger partial charge in [0.15, 0.2) is 0 Å². The zero-order valence-corrected chi connectivity index (χ0v) is 14.7. The Hall–Kier alpha value is -2.34. The standard InChI is InChI=1S/C24H26/c1-3-4-11-20-16-18-23(19-17-20)24(2,21-12-7-5-8-13-21)22-14-9-6-10-15-22/h5-10,12-19H,3-4,11H2,1-2H3. The van der Waals surface area contributed by atoms with Crippen molar-refractivity contribution in [1.29, 1.82) is 0 Å². The lowest BCUT2D eigenvalue weighted by molar-refractivity contribution is 0.691. The number of hydrogen-bond acceptors (Lipinski definition) is 0. The van der Waals surface area contributed by atoms with Gasteiger partial charge < -0.3 is 0 Å². The summed E-state index contributed by atoms with van der Waals surface area (Å²) in [4.78, 5) is 0. The molecule has 0 aliphatic carbocycles. The smallest absolute Gasteiger partial charge is 0.0423 e. The highest BCUT2D eigenvalue weighted by atomic mass is 14.3. The predicted octanol–water partition coefficient (Wildman–Crippen LogP) is 6.38. The molecule has 122 valence electrons. The molecule has 0 aliphatic rings. The van der Waals surface area contributed by atoms with E-state index in [0.29, 0.717) is 0 Å². The summed E-state index contributed by atoms with van der Waals surface area (Å²) in [6.45, 7) is 4.58. The first kappa shape index (κ1) is 16.5. The molecule has 0 heterocycles. The molecular weight excluding hydrogens is 288 g/mol. The van der Waals surface area contributed by atoms with E-state index in [0.717, 1.165) is 0 Å². The Labute approximate surface area is 146 Å². The summed E-state index contributed by atoms with van der Waals surface area (Å²) in [6.07, 6.45) is 3.67. The molecule has 0 aromatic heterocycles. The predicted molar refractivity (Wildman–Crippen MR) is 103 cm³/mol. The first-order valence-corrected chi connectivity index (χ1v) is 8.95. The third kappa shape index (κ3) is 3.28. The number of benzene rings is 3. The Morgan fingerprint density at radius 2 is 1.08 bits per heavy atom. The van der Waals surface area contributed by atoms with Crippen molar-refractivity contribution in [3.8, 4) is 0 Å². The fourth-order valence-electron chi connectivity index (χ4n) is 3.43. The maximum atomic E-state index is 2.33. The fraction of sp³-hybridized carbons (Fsp3) is 0.250. The maximum Gasteiger partial charge on any atom is 0.0423 e. The van der Waals surface area contributed by atoms with E-state index in [4.69, 9.17) is 0 Å². The summed E-state index contributed by atoms with van der Waals surface area (Å²) in [5.41, 5.74) is 5.31. The minimum Gasteiger partial charge on any atom is -0.0654 e. The largest absolute Gasteiger partial charge is 0.0654 e. The van der Waals surface area contributed by atoms with Gasteiger partial charge in [-0.15, -0.1) is 0 Å². The van der Waals surface area contributed by atoms with Crippen molar-refractivity contribution in [1.82, 2.24) is 0 Å². The zero-order chi connectivity index (χ0) is 16.8. The van der Waals surface area contributed by atoms with Crippen LogP contribution in [-0.2, 0) is 11.8 Å². The molecule has 0 nitrogen and oxygen atoms in total. The highest BCUT2D eigenvalue weighted by molar-refractivity contribution is 5.49. The molecule has 0 atom stereocenters. The quantitative estimate of drug-likeness (QED) is 0.463. The Balaban J connectivity index is 2.06. The van der Waals surface area contributed by atoms with Crippen molar-refractivity contribution >= 4 is 0 Å². The molecule has 0 saturated carbocycles. The second-order valence-electron chi connectivity index (χ2n) is 6.66. The molecule has 3 aromatic rings. The molecule has 0 N–H and O–H groups in total. The molecule has 24 heavy (non-hydrogen) atoms. The lowest BCUT2D eigenvalue weighted by Crippen LogP contribution is -2.25. The molecule has 0 radical (unpaired) electrons. The van der Waals surface area contributed by atoms with E-state index in [2.05, 4.69) is 98.8 Å². The second kappa shape index (κ2) is 7.49. The van der Waals surface area contributed by atoms with E-state index in [1.54, 1.807) is 0 Å². The van der Waals surface area contributed by atoms with Crippen molar-refractivity contribution in [3.05, 3.63) is 107 Å². The van der Waals surface area contributed by atoms with Gasteiger partial charge in [-0.05, 0) is 42.0 Å². The number of unbranched alkanes of at least 4 members (excludes halogenated alkanes) is 1. The average Bonchev–Trinajstić information content (AvgIpc) is 2.67. The van der Waals surface area contributed by atoms with Gasteiger partial charge in [0.2, 0.25) is 0 Å². The summed E-state index contributed by atoms with van der Waals surface area (Å²) >= 11 is 0. The van der Waals surface area contributed by atoms with E-state index in [1.165, 1.54) is 41.5 Å².